The quantitative estimate of drug-likeness (QED) is 0.494. The SMILES string of the molecule is C[C@@H](N)c1ccc(C(=O)Nc2ccncc2)cc1.Cl.[Cl][Pt+2][Cl].[NH2-].[NH2-]. The van der Waals surface area contributed by atoms with Crippen LogP contribution in [0, 0.1) is 0 Å². The van der Waals surface area contributed by atoms with Crippen molar-refractivity contribution in [3.05, 3.63) is 72.2 Å². The van der Waals surface area contributed by atoms with Gasteiger partial charge in [-0.25, -0.2) is 0 Å². The Kier molecular flexibility index (Phi) is 18.5. The number of hydrogen-bond acceptors (Lipinski definition) is 3. The van der Waals surface area contributed by atoms with Crippen LogP contribution >= 0.6 is 31.2 Å². The van der Waals surface area contributed by atoms with E-state index in [9.17, 15) is 4.79 Å². The molecule has 2 rings (SSSR count). The van der Waals surface area contributed by atoms with Crippen LogP contribution in [0.25, 0.3) is 12.3 Å². The Bertz CT molecular complexity index is 558. The number of benzene rings is 1. The second-order valence-electron chi connectivity index (χ2n) is 4.15. The zero-order valence-electron chi connectivity index (χ0n) is 12.8. The normalized spacial score (nSPS) is 9.83. The third-order valence-corrected chi connectivity index (χ3v) is 2.64. The van der Waals surface area contributed by atoms with Gasteiger partial charge in [0.15, 0.2) is 0 Å². The molecule has 0 fully saturated rings. The van der Waals surface area contributed by atoms with Crippen LogP contribution in [0.4, 0.5) is 5.69 Å². The fraction of sp³-hybridized carbons (Fsp3) is 0.143. The number of carbonyl (C=O) groups is 1. The van der Waals surface area contributed by atoms with E-state index in [1.807, 2.05) is 19.1 Å². The molecule has 0 aliphatic rings. The molecule has 0 bridgehead atoms. The molecule has 1 aromatic carbocycles. The van der Waals surface area contributed by atoms with Crippen molar-refractivity contribution in [2.75, 3.05) is 5.32 Å². The first-order chi connectivity index (χ1) is 10.1. The molecule has 1 aromatic heterocycles. The van der Waals surface area contributed by atoms with Crippen molar-refractivity contribution in [3.8, 4) is 0 Å². The fourth-order valence-corrected chi connectivity index (χ4v) is 1.58. The number of rotatable bonds is 3. The zero-order valence-corrected chi connectivity index (χ0v) is 17.4. The van der Waals surface area contributed by atoms with E-state index < -0.39 is 16.5 Å². The zero-order chi connectivity index (χ0) is 15.7. The second kappa shape index (κ2) is 15.8. The number of nitrogens with zero attached hydrogens (tertiary/aromatic N) is 1. The first-order valence-corrected chi connectivity index (χ1v) is 11.6. The topological polar surface area (TPSA) is 135 Å². The molecule has 6 nitrogen and oxygen atoms in total. The smallest absolute Gasteiger partial charge is 0.693 e. The van der Waals surface area contributed by atoms with Crippen LogP contribution in [-0.2, 0) is 16.5 Å². The number of carbonyl (C=O) groups excluding carboxylic acids is 1. The van der Waals surface area contributed by atoms with Crippen molar-refractivity contribution in [2.24, 2.45) is 5.73 Å². The maximum absolute atomic E-state index is 11.9. The minimum Gasteiger partial charge on any atom is -0.693 e. The van der Waals surface area contributed by atoms with Gasteiger partial charge in [-0.3, -0.25) is 9.78 Å². The van der Waals surface area contributed by atoms with E-state index >= 15 is 0 Å². The fourth-order valence-electron chi connectivity index (χ4n) is 1.58. The molecular formula is C14H20Cl3N5OPt. The molecule has 138 valence electrons. The molecule has 0 aliphatic carbocycles. The number of anilines is 1. The van der Waals surface area contributed by atoms with Gasteiger partial charge in [0.1, 0.15) is 0 Å². The molecule has 0 spiro atoms. The van der Waals surface area contributed by atoms with Gasteiger partial charge in [0.2, 0.25) is 0 Å². The second-order valence-corrected chi connectivity index (χ2v) is 7.43. The van der Waals surface area contributed by atoms with E-state index in [2.05, 4.69) is 10.3 Å². The average Bonchev–Trinajstić information content (AvgIpc) is 2.49. The van der Waals surface area contributed by atoms with Crippen LogP contribution in [0.5, 0.6) is 0 Å². The monoisotopic (exact) mass is 574 g/mol. The van der Waals surface area contributed by atoms with Crippen molar-refractivity contribution in [3.63, 3.8) is 0 Å². The first kappa shape index (κ1) is 28.1. The first-order valence-electron chi connectivity index (χ1n) is 5.97. The Morgan fingerprint density at radius 3 is 2.00 bits per heavy atom. The number of pyridine rings is 1. The van der Waals surface area contributed by atoms with Crippen LogP contribution in [0.3, 0.4) is 0 Å². The van der Waals surface area contributed by atoms with E-state index in [-0.39, 0.29) is 36.7 Å². The number of aromatic nitrogens is 1. The molecule has 0 saturated heterocycles. The van der Waals surface area contributed by atoms with Gasteiger partial charge in [0.25, 0.3) is 5.91 Å². The maximum atomic E-state index is 11.9. The van der Waals surface area contributed by atoms with Crippen molar-refractivity contribution in [1.82, 2.24) is 4.98 Å². The van der Waals surface area contributed by atoms with Gasteiger partial charge in [0.05, 0.1) is 0 Å². The van der Waals surface area contributed by atoms with Crippen molar-refractivity contribution >= 4 is 42.8 Å². The minimum atomic E-state index is -0.472. The molecule has 0 saturated carbocycles. The molecular weight excluding hydrogens is 556 g/mol. The maximum Gasteiger partial charge on any atom is -0.693 e. The average molecular weight is 576 g/mol. The van der Waals surface area contributed by atoms with Gasteiger partial charge >= 0.3 is 35.3 Å². The van der Waals surface area contributed by atoms with Crippen molar-refractivity contribution in [1.29, 1.82) is 0 Å². The van der Waals surface area contributed by atoms with Crippen molar-refractivity contribution in [2.45, 2.75) is 13.0 Å². The van der Waals surface area contributed by atoms with Gasteiger partial charge in [0, 0.05) is 29.7 Å². The van der Waals surface area contributed by atoms with E-state index in [1.54, 1.807) is 36.7 Å². The predicted octanol–water partition coefficient (Wildman–Crippen LogP) is 5.59. The van der Waals surface area contributed by atoms with Crippen LogP contribution in [0.15, 0.2) is 48.8 Å². The summed E-state index contributed by atoms with van der Waals surface area (Å²) >= 11 is -0.472. The third kappa shape index (κ3) is 10.2. The molecule has 1 atom stereocenters. The Morgan fingerprint density at radius 1 is 1.12 bits per heavy atom. The van der Waals surface area contributed by atoms with Gasteiger partial charge in [-0.1, -0.05) is 12.1 Å². The predicted molar refractivity (Wildman–Crippen MR) is 101 cm³/mol. The Balaban J connectivity index is -0.000000685. The number of nitrogens with one attached hydrogen (secondary N) is 1. The summed E-state index contributed by atoms with van der Waals surface area (Å²) in [6.07, 6.45) is 3.27. The van der Waals surface area contributed by atoms with Crippen molar-refractivity contribution < 1.29 is 21.3 Å². The number of hydrogen-bond donors (Lipinski definition) is 2. The van der Waals surface area contributed by atoms with Crippen LogP contribution < -0.4 is 11.1 Å². The number of amides is 1. The summed E-state index contributed by atoms with van der Waals surface area (Å²) in [4.78, 5) is 15.8. The van der Waals surface area contributed by atoms with Crippen LogP contribution in [0.1, 0.15) is 28.9 Å². The molecule has 0 radical (unpaired) electrons. The van der Waals surface area contributed by atoms with E-state index in [0.717, 1.165) is 11.3 Å². The van der Waals surface area contributed by atoms with Crippen LogP contribution in [-0.4, -0.2) is 10.9 Å². The largest absolute Gasteiger partial charge is 0.693 e. The Hall–Kier alpha value is -0.722. The molecule has 10 heteroatoms. The molecule has 1 amide bonds. The standard InChI is InChI=1S/C14H15N3O.3ClH.2H2N.Pt/c1-10(15)11-2-4-12(5-3-11)14(18)17-13-6-8-16-9-7-13;;;;;;/h2-10H,15H2,1H3,(H,16,17,18);3*1H;2*1H2;/q;;;;2*-1;+4/p-2/t10-;;;;;;/m1....../s1. The summed E-state index contributed by atoms with van der Waals surface area (Å²) in [7, 11) is 9.75. The van der Waals surface area contributed by atoms with E-state index in [0.29, 0.717) is 5.56 Å². The summed E-state index contributed by atoms with van der Waals surface area (Å²) in [5.74, 6) is -0.141. The number of halogens is 3. The Morgan fingerprint density at radius 2 is 1.58 bits per heavy atom. The van der Waals surface area contributed by atoms with Gasteiger partial charge in [-0.05, 0) is 36.8 Å². The van der Waals surface area contributed by atoms with E-state index in [4.69, 9.17) is 24.6 Å². The Labute approximate surface area is 164 Å². The summed E-state index contributed by atoms with van der Waals surface area (Å²) in [5, 5.41) is 2.80. The third-order valence-electron chi connectivity index (χ3n) is 2.64. The molecule has 0 unspecified atom stereocenters. The molecule has 1 heterocycles. The summed E-state index contributed by atoms with van der Waals surface area (Å²) < 4.78 is 0. The minimum absolute atomic E-state index is 0. The van der Waals surface area contributed by atoms with E-state index in [1.165, 1.54) is 0 Å². The number of nitrogens with two attached hydrogens (primary N) is 3. The molecule has 7 N–H and O–H groups in total. The van der Waals surface area contributed by atoms with Crippen LogP contribution in [0.2, 0.25) is 0 Å². The van der Waals surface area contributed by atoms with Gasteiger partial charge < -0.3 is 23.4 Å². The summed E-state index contributed by atoms with van der Waals surface area (Å²) in [6.45, 7) is 1.91. The summed E-state index contributed by atoms with van der Waals surface area (Å²) in [6, 6.07) is 10.7. The molecule has 24 heavy (non-hydrogen) atoms. The summed E-state index contributed by atoms with van der Waals surface area (Å²) in [5.41, 5.74) is 8.10. The van der Waals surface area contributed by atoms with Gasteiger partial charge in [-0.2, -0.15) is 0 Å². The van der Waals surface area contributed by atoms with Gasteiger partial charge in [-0.15, -0.1) is 12.4 Å². The molecule has 0 aliphatic heterocycles. The molecule has 2 aromatic rings.